The Morgan fingerprint density at radius 3 is 2.77 bits per heavy atom. The fraction of sp³-hybridized carbons (Fsp3) is 0.136. The van der Waals surface area contributed by atoms with E-state index in [1.54, 1.807) is 22.8 Å². The van der Waals surface area contributed by atoms with Crippen molar-refractivity contribution in [2.45, 2.75) is 18.3 Å². The summed E-state index contributed by atoms with van der Waals surface area (Å²) in [6.45, 7) is 4.19. The molecule has 3 heterocycles. The van der Waals surface area contributed by atoms with Crippen LogP contribution in [0, 0.1) is 9.77 Å². The lowest BCUT2D eigenvalue weighted by molar-refractivity contribution is -0.113. The molecule has 1 aromatic carbocycles. The zero-order chi connectivity index (χ0) is 24.8. The van der Waals surface area contributed by atoms with E-state index in [1.165, 1.54) is 30.5 Å². The first-order chi connectivity index (χ1) is 16.9. The van der Waals surface area contributed by atoms with Gasteiger partial charge in [0.15, 0.2) is 3.95 Å². The molecule has 9 nitrogen and oxygen atoms in total. The molecule has 3 aromatic heterocycles. The summed E-state index contributed by atoms with van der Waals surface area (Å²) in [7, 11) is 0. The number of hydrogen-bond donors (Lipinski definition) is 2. The number of anilines is 1. The van der Waals surface area contributed by atoms with Gasteiger partial charge in [-0.05, 0) is 48.6 Å². The van der Waals surface area contributed by atoms with Crippen LogP contribution in [0.3, 0.4) is 0 Å². The first-order valence-electron chi connectivity index (χ1n) is 10.1. The van der Waals surface area contributed by atoms with E-state index in [9.17, 15) is 14.0 Å². The quantitative estimate of drug-likeness (QED) is 0.169. The first kappa shape index (κ1) is 24.6. The number of allylic oxidation sites excluding steroid dienone is 1. The zero-order valence-electron chi connectivity index (χ0n) is 18.0. The van der Waals surface area contributed by atoms with Gasteiger partial charge < -0.3 is 24.0 Å². The number of carbonyl (C=O) groups excluding carboxylic acids is 2. The van der Waals surface area contributed by atoms with Gasteiger partial charge in [0.25, 0.3) is 11.1 Å². The highest BCUT2D eigenvalue weighted by atomic mass is 32.2. The fourth-order valence-electron chi connectivity index (χ4n) is 2.94. The van der Waals surface area contributed by atoms with Crippen LogP contribution in [0.4, 0.5) is 9.39 Å². The van der Waals surface area contributed by atoms with E-state index in [-0.39, 0.29) is 34.9 Å². The van der Waals surface area contributed by atoms with Crippen LogP contribution >= 0.6 is 35.3 Å². The highest BCUT2D eigenvalue weighted by Crippen LogP contribution is 2.28. The molecule has 0 saturated heterocycles. The number of aromatic nitrogens is 3. The molecule has 0 aliphatic carbocycles. The van der Waals surface area contributed by atoms with Crippen molar-refractivity contribution in [1.29, 1.82) is 0 Å². The summed E-state index contributed by atoms with van der Waals surface area (Å²) in [5.74, 6) is -0.436. The van der Waals surface area contributed by atoms with Gasteiger partial charge in [-0.2, -0.15) is 0 Å². The third-order valence-electron chi connectivity index (χ3n) is 4.50. The molecule has 0 aliphatic rings. The lowest BCUT2D eigenvalue weighted by Gasteiger charge is -2.10. The Balaban J connectivity index is 1.42. The molecule has 2 amide bonds. The van der Waals surface area contributed by atoms with Crippen LogP contribution in [0.5, 0.6) is 0 Å². The number of benzene rings is 1. The van der Waals surface area contributed by atoms with Crippen molar-refractivity contribution >= 4 is 52.1 Å². The largest absolute Gasteiger partial charge is 0.467 e. The Kier molecular flexibility index (Phi) is 7.90. The maximum Gasteiger partial charge on any atom is 0.277 e. The Morgan fingerprint density at radius 1 is 1.26 bits per heavy atom. The summed E-state index contributed by atoms with van der Waals surface area (Å²) in [6.07, 6.45) is 3.13. The second-order valence-corrected chi connectivity index (χ2v) is 9.49. The van der Waals surface area contributed by atoms with Crippen LogP contribution in [0.25, 0.3) is 11.5 Å². The van der Waals surface area contributed by atoms with Crippen LogP contribution in [-0.2, 0) is 17.9 Å². The second-order valence-electron chi connectivity index (χ2n) is 6.92. The van der Waals surface area contributed by atoms with Crippen molar-refractivity contribution in [2.24, 2.45) is 0 Å². The minimum Gasteiger partial charge on any atom is -0.467 e. The van der Waals surface area contributed by atoms with Crippen LogP contribution in [0.2, 0.25) is 0 Å². The van der Waals surface area contributed by atoms with Crippen molar-refractivity contribution in [1.82, 2.24) is 20.1 Å². The van der Waals surface area contributed by atoms with Crippen molar-refractivity contribution in [3.63, 3.8) is 0 Å². The lowest BCUT2D eigenvalue weighted by Crippen LogP contribution is -2.27. The number of halogens is 1. The number of hydrogen-bond acceptors (Lipinski definition) is 9. The molecular weight excluding hydrogens is 513 g/mol. The average Bonchev–Trinajstić information content (AvgIpc) is 3.59. The van der Waals surface area contributed by atoms with Gasteiger partial charge >= 0.3 is 0 Å². The summed E-state index contributed by atoms with van der Waals surface area (Å²) < 4.78 is 25.9. The zero-order valence-corrected chi connectivity index (χ0v) is 20.5. The summed E-state index contributed by atoms with van der Waals surface area (Å²) >= 11 is 7.52. The van der Waals surface area contributed by atoms with E-state index < -0.39 is 11.8 Å². The molecular formula is C22H18FN5O4S3. The van der Waals surface area contributed by atoms with Gasteiger partial charge in [0.1, 0.15) is 22.3 Å². The Hall–Kier alpha value is -3.55. The highest BCUT2D eigenvalue weighted by molar-refractivity contribution is 7.99. The molecule has 35 heavy (non-hydrogen) atoms. The molecule has 0 fully saturated rings. The van der Waals surface area contributed by atoms with E-state index in [4.69, 9.17) is 21.1 Å². The van der Waals surface area contributed by atoms with Gasteiger partial charge in [-0.15, -0.1) is 16.8 Å². The Labute approximate surface area is 212 Å². The minimum atomic E-state index is -0.417. The molecule has 0 aliphatic heterocycles. The number of furan rings is 1. The number of thioether (sulfide) groups is 1. The van der Waals surface area contributed by atoms with E-state index >= 15 is 0 Å². The molecule has 4 rings (SSSR count). The third-order valence-corrected chi connectivity index (χ3v) is 6.69. The number of nitrogens with one attached hydrogen (secondary N) is 2. The maximum absolute atomic E-state index is 13.1. The molecule has 4 aromatic rings. The monoisotopic (exact) mass is 531 g/mol. The normalized spacial score (nSPS) is 10.8. The topological polar surface area (TPSA) is 115 Å². The molecule has 0 saturated carbocycles. The lowest BCUT2D eigenvalue weighted by atomic mass is 10.2. The molecule has 0 bridgehead atoms. The fourth-order valence-corrected chi connectivity index (χ4v) is 4.84. The number of rotatable bonds is 10. The van der Waals surface area contributed by atoms with Gasteiger partial charge in [0, 0.05) is 12.1 Å². The third kappa shape index (κ3) is 6.12. The Morgan fingerprint density at radius 2 is 2.06 bits per heavy atom. The van der Waals surface area contributed by atoms with E-state index in [0.717, 1.165) is 23.1 Å². The van der Waals surface area contributed by atoms with Crippen molar-refractivity contribution < 1.29 is 22.8 Å². The SMILES string of the molecule is C=CCn1c(C(=O)NCc2ccco2)c(NC(=O)CSc2nnc(-c3ccc(F)cc3)o2)sc1=S. The summed E-state index contributed by atoms with van der Waals surface area (Å²) in [5, 5.41) is 13.8. The summed E-state index contributed by atoms with van der Waals surface area (Å²) in [6, 6.07) is 9.07. The first-order valence-corrected chi connectivity index (χ1v) is 12.3. The molecule has 0 spiro atoms. The molecule has 13 heteroatoms. The van der Waals surface area contributed by atoms with Crippen molar-refractivity contribution in [2.75, 3.05) is 11.1 Å². The van der Waals surface area contributed by atoms with Gasteiger partial charge in [-0.1, -0.05) is 29.2 Å². The summed E-state index contributed by atoms with van der Waals surface area (Å²) in [5.41, 5.74) is 0.782. The molecule has 2 N–H and O–H groups in total. The standard InChI is InChI=1S/C22H18FN5O4S3/c1-2-9-28-17(18(30)24-11-15-4-3-10-31-15)20(35-22(28)33)25-16(29)12-34-21-27-26-19(32-21)13-5-7-14(23)8-6-13/h2-8,10H,1,9,11-12H2,(H,24,30)(H,25,29). The molecule has 180 valence electrons. The van der Waals surface area contributed by atoms with Crippen molar-refractivity contribution in [3.05, 3.63) is 76.5 Å². The molecule has 0 unspecified atom stereocenters. The van der Waals surface area contributed by atoms with E-state index in [1.807, 2.05) is 0 Å². The summed E-state index contributed by atoms with van der Waals surface area (Å²) in [4.78, 5) is 25.6. The molecule has 0 radical (unpaired) electrons. The number of thiazole rings is 1. The van der Waals surface area contributed by atoms with Crippen LogP contribution in [0.1, 0.15) is 16.2 Å². The number of amides is 2. The number of carbonyl (C=O) groups is 2. The van der Waals surface area contributed by atoms with Gasteiger partial charge in [-0.25, -0.2) is 4.39 Å². The minimum absolute atomic E-state index is 0.0510. The second kappa shape index (κ2) is 11.3. The average molecular weight is 532 g/mol. The van der Waals surface area contributed by atoms with Crippen LogP contribution in [-0.4, -0.2) is 32.3 Å². The van der Waals surface area contributed by atoms with Gasteiger partial charge in [-0.3, -0.25) is 9.59 Å². The number of nitrogens with zero attached hydrogens (tertiary/aromatic N) is 3. The van der Waals surface area contributed by atoms with Crippen LogP contribution in [0.15, 0.2) is 69.4 Å². The maximum atomic E-state index is 13.1. The molecule has 0 atom stereocenters. The Bertz CT molecular complexity index is 1390. The van der Waals surface area contributed by atoms with Gasteiger partial charge in [0.2, 0.25) is 11.8 Å². The highest BCUT2D eigenvalue weighted by Gasteiger charge is 2.22. The van der Waals surface area contributed by atoms with Gasteiger partial charge in [0.05, 0.1) is 18.6 Å². The van der Waals surface area contributed by atoms with E-state index in [0.29, 0.717) is 26.8 Å². The predicted molar refractivity (Wildman–Crippen MR) is 132 cm³/mol. The predicted octanol–water partition coefficient (Wildman–Crippen LogP) is 4.91. The van der Waals surface area contributed by atoms with Crippen molar-refractivity contribution in [3.8, 4) is 11.5 Å². The smallest absolute Gasteiger partial charge is 0.277 e. The van der Waals surface area contributed by atoms with E-state index in [2.05, 4.69) is 27.4 Å². The van der Waals surface area contributed by atoms with Crippen LogP contribution < -0.4 is 10.6 Å².